The molecule has 1 saturated carbocycles. The Bertz CT molecular complexity index is 585. The Morgan fingerprint density at radius 3 is 2.81 bits per heavy atom. The minimum absolute atomic E-state index is 0.297. The Morgan fingerprint density at radius 2 is 2.14 bits per heavy atom. The van der Waals surface area contributed by atoms with E-state index in [0.717, 1.165) is 12.0 Å². The summed E-state index contributed by atoms with van der Waals surface area (Å²) in [5.74, 6) is -1.16. The summed E-state index contributed by atoms with van der Waals surface area (Å²) in [5.41, 5.74) is -0.129. The minimum Gasteiger partial charge on any atom is -0.481 e. The molecule has 0 aliphatic heterocycles. The third kappa shape index (κ3) is 3.45. The number of aliphatic carboxylic acids is 1. The SMILES string of the molecule is CC1(C(=O)O)CCCC1NC(=O)/C=C/c1ccccc1Cl. The predicted octanol–water partition coefficient (Wildman–Crippen LogP) is 3.11. The maximum Gasteiger partial charge on any atom is 0.311 e. The molecule has 0 spiro atoms. The number of amides is 1. The van der Waals surface area contributed by atoms with E-state index in [-0.39, 0.29) is 11.9 Å². The Morgan fingerprint density at radius 1 is 1.43 bits per heavy atom. The van der Waals surface area contributed by atoms with E-state index < -0.39 is 11.4 Å². The van der Waals surface area contributed by atoms with Gasteiger partial charge < -0.3 is 10.4 Å². The molecule has 0 aromatic heterocycles. The highest BCUT2D eigenvalue weighted by Crippen LogP contribution is 2.38. The maximum atomic E-state index is 12.0. The van der Waals surface area contributed by atoms with Gasteiger partial charge in [-0.25, -0.2) is 0 Å². The molecular formula is C16H18ClNO3. The summed E-state index contributed by atoms with van der Waals surface area (Å²) >= 11 is 6.00. The van der Waals surface area contributed by atoms with Crippen LogP contribution in [0.15, 0.2) is 30.3 Å². The van der Waals surface area contributed by atoms with Crippen LogP contribution in [0.1, 0.15) is 31.7 Å². The summed E-state index contributed by atoms with van der Waals surface area (Å²) in [6, 6.07) is 6.87. The van der Waals surface area contributed by atoms with Crippen LogP contribution in [0.3, 0.4) is 0 Å². The van der Waals surface area contributed by atoms with Gasteiger partial charge in [-0.05, 0) is 37.5 Å². The van der Waals surface area contributed by atoms with Crippen LogP contribution in [0.25, 0.3) is 6.08 Å². The van der Waals surface area contributed by atoms with Crippen molar-refractivity contribution in [2.24, 2.45) is 5.41 Å². The number of carboxylic acid groups (broad SMARTS) is 1. The molecule has 2 unspecified atom stereocenters. The summed E-state index contributed by atoms with van der Waals surface area (Å²) in [6.45, 7) is 1.69. The van der Waals surface area contributed by atoms with Gasteiger partial charge in [-0.2, -0.15) is 0 Å². The summed E-state index contributed by atoms with van der Waals surface area (Å²) in [4.78, 5) is 23.3. The Labute approximate surface area is 128 Å². The van der Waals surface area contributed by atoms with Crippen molar-refractivity contribution in [3.8, 4) is 0 Å². The van der Waals surface area contributed by atoms with E-state index in [1.807, 2.05) is 18.2 Å². The smallest absolute Gasteiger partial charge is 0.311 e. The van der Waals surface area contributed by atoms with Crippen LogP contribution < -0.4 is 5.32 Å². The second-order valence-corrected chi connectivity index (χ2v) is 5.94. The van der Waals surface area contributed by atoms with Gasteiger partial charge in [0.25, 0.3) is 0 Å². The number of halogens is 1. The normalized spacial score (nSPS) is 25.1. The number of nitrogens with one attached hydrogen (secondary N) is 1. The van der Waals surface area contributed by atoms with Gasteiger partial charge in [0.1, 0.15) is 0 Å². The van der Waals surface area contributed by atoms with Crippen LogP contribution in [0, 0.1) is 5.41 Å². The quantitative estimate of drug-likeness (QED) is 0.840. The molecule has 0 saturated heterocycles. The van der Waals surface area contributed by atoms with Crippen LogP contribution in [-0.2, 0) is 9.59 Å². The van der Waals surface area contributed by atoms with Crippen molar-refractivity contribution < 1.29 is 14.7 Å². The lowest BCUT2D eigenvalue weighted by atomic mass is 9.85. The first-order valence-corrected chi connectivity index (χ1v) is 7.28. The Kier molecular flexibility index (Phi) is 4.68. The molecule has 1 aliphatic rings. The van der Waals surface area contributed by atoms with Crippen LogP contribution in [-0.4, -0.2) is 23.0 Å². The average molecular weight is 308 g/mol. The van der Waals surface area contributed by atoms with Gasteiger partial charge in [-0.1, -0.05) is 36.2 Å². The van der Waals surface area contributed by atoms with E-state index in [4.69, 9.17) is 11.6 Å². The Balaban J connectivity index is 2.02. The third-order valence-electron chi connectivity index (χ3n) is 4.08. The summed E-state index contributed by atoms with van der Waals surface area (Å²) in [6.07, 6.45) is 5.10. The number of carbonyl (C=O) groups excluding carboxylic acids is 1. The summed E-state index contributed by atoms with van der Waals surface area (Å²) < 4.78 is 0. The number of benzene rings is 1. The lowest BCUT2D eigenvalue weighted by molar-refractivity contribution is -0.148. The van der Waals surface area contributed by atoms with Crippen LogP contribution in [0.5, 0.6) is 0 Å². The minimum atomic E-state index is -0.881. The first-order valence-electron chi connectivity index (χ1n) is 6.90. The van der Waals surface area contributed by atoms with E-state index in [0.29, 0.717) is 17.9 Å². The Hall–Kier alpha value is -1.81. The fourth-order valence-electron chi connectivity index (χ4n) is 2.65. The lowest BCUT2D eigenvalue weighted by Gasteiger charge is -2.27. The predicted molar refractivity (Wildman–Crippen MR) is 82.0 cm³/mol. The third-order valence-corrected chi connectivity index (χ3v) is 4.43. The average Bonchev–Trinajstić information content (AvgIpc) is 2.81. The monoisotopic (exact) mass is 307 g/mol. The zero-order valence-electron chi connectivity index (χ0n) is 11.8. The molecule has 2 atom stereocenters. The van der Waals surface area contributed by atoms with Crippen molar-refractivity contribution in [3.63, 3.8) is 0 Å². The molecule has 0 heterocycles. The first kappa shape index (κ1) is 15.6. The van der Waals surface area contributed by atoms with Crippen molar-refractivity contribution in [2.45, 2.75) is 32.2 Å². The van der Waals surface area contributed by atoms with Gasteiger partial charge in [0, 0.05) is 17.1 Å². The molecule has 1 aromatic rings. The zero-order chi connectivity index (χ0) is 15.5. The van der Waals surface area contributed by atoms with Gasteiger partial charge in [0.05, 0.1) is 5.41 Å². The van der Waals surface area contributed by atoms with Crippen LogP contribution >= 0.6 is 11.6 Å². The fraction of sp³-hybridized carbons (Fsp3) is 0.375. The number of hydrogen-bond donors (Lipinski definition) is 2. The fourth-order valence-corrected chi connectivity index (χ4v) is 2.85. The van der Waals surface area contributed by atoms with Gasteiger partial charge in [-0.15, -0.1) is 0 Å². The molecule has 21 heavy (non-hydrogen) atoms. The molecule has 1 amide bonds. The maximum absolute atomic E-state index is 12.0. The van der Waals surface area contributed by atoms with E-state index >= 15 is 0 Å². The van der Waals surface area contributed by atoms with E-state index in [9.17, 15) is 14.7 Å². The van der Waals surface area contributed by atoms with Crippen molar-refractivity contribution in [2.75, 3.05) is 0 Å². The van der Waals surface area contributed by atoms with Gasteiger partial charge in [0.2, 0.25) is 5.91 Å². The number of carboxylic acids is 1. The van der Waals surface area contributed by atoms with E-state index in [2.05, 4.69) is 5.32 Å². The molecule has 4 nitrogen and oxygen atoms in total. The topological polar surface area (TPSA) is 66.4 Å². The largest absolute Gasteiger partial charge is 0.481 e. The van der Waals surface area contributed by atoms with Gasteiger partial charge >= 0.3 is 5.97 Å². The highest BCUT2D eigenvalue weighted by Gasteiger charge is 2.45. The van der Waals surface area contributed by atoms with Crippen molar-refractivity contribution >= 4 is 29.6 Å². The lowest BCUT2D eigenvalue weighted by Crippen LogP contribution is -2.46. The first-order chi connectivity index (χ1) is 9.93. The van der Waals surface area contributed by atoms with Crippen LogP contribution in [0.4, 0.5) is 0 Å². The molecule has 1 fully saturated rings. The van der Waals surface area contributed by atoms with Crippen molar-refractivity contribution in [3.05, 3.63) is 40.9 Å². The van der Waals surface area contributed by atoms with Gasteiger partial charge in [0.15, 0.2) is 0 Å². The highest BCUT2D eigenvalue weighted by molar-refractivity contribution is 6.32. The molecule has 2 N–H and O–H groups in total. The molecule has 5 heteroatoms. The number of rotatable bonds is 4. The second kappa shape index (κ2) is 6.31. The number of hydrogen-bond acceptors (Lipinski definition) is 2. The second-order valence-electron chi connectivity index (χ2n) is 5.53. The molecule has 112 valence electrons. The van der Waals surface area contributed by atoms with Crippen molar-refractivity contribution in [1.82, 2.24) is 5.32 Å². The standard InChI is InChI=1S/C16H18ClNO3/c1-16(15(20)21)10-4-7-13(16)18-14(19)9-8-11-5-2-3-6-12(11)17/h2-3,5-6,8-9,13H,4,7,10H2,1H3,(H,18,19)(H,20,21)/b9-8+. The summed E-state index contributed by atoms with van der Waals surface area (Å²) in [5, 5.41) is 12.7. The molecule has 2 rings (SSSR count). The van der Waals surface area contributed by atoms with E-state index in [1.165, 1.54) is 6.08 Å². The van der Waals surface area contributed by atoms with Crippen molar-refractivity contribution in [1.29, 1.82) is 0 Å². The molecule has 1 aliphatic carbocycles. The van der Waals surface area contributed by atoms with Crippen LogP contribution in [0.2, 0.25) is 5.02 Å². The zero-order valence-corrected chi connectivity index (χ0v) is 12.6. The molecule has 1 aromatic carbocycles. The summed E-state index contributed by atoms with van der Waals surface area (Å²) in [7, 11) is 0. The molecule has 0 bridgehead atoms. The van der Waals surface area contributed by atoms with E-state index in [1.54, 1.807) is 19.1 Å². The highest BCUT2D eigenvalue weighted by atomic mass is 35.5. The molecule has 0 radical (unpaired) electrons. The van der Waals surface area contributed by atoms with Gasteiger partial charge in [-0.3, -0.25) is 9.59 Å². The molecular weight excluding hydrogens is 290 g/mol. The number of carbonyl (C=O) groups is 2.